The van der Waals surface area contributed by atoms with Crippen molar-refractivity contribution in [3.8, 4) is 0 Å². The van der Waals surface area contributed by atoms with Gasteiger partial charge in [0.25, 0.3) is 0 Å². The lowest BCUT2D eigenvalue weighted by atomic mass is 10.0. The minimum absolute atomic E-state index is 0.0614. The third kappa shape index (κ3) is 1.15. The lowest BCUT2D eigenvalue weighted by Crippen LogP contribution is -2.45. The van der Waals surface area contributed by atoms with Gasteiger partial charge < -0.3 is 19.3 Å². The molecule has 0 spiro atoms. The standard InChI is InChI=1S/C8H14O4/c1-3-4-6-7(12-6)5(9)8(10-2)11-4/h4-9H,3H2,1-2H3. The minimum Gasteiger partial charge on any atom is -0.385 e. The summed E-state index contributed by atoms with van der Waals surface area (Å²) in [7, 11) is 1.53. The van der Waals surface area contributed by atoms with E-state index in [1.807, 2.05) is 6.92 Å². The monoisotopic (exact) mass is 174 g/mol. The first-order chi connectivity index (χ1) is 5.77. The highest BCUT2D eigenvalue weighted by Gasteiger charge is 2.56. The van der Waals surface area contributed by atoms with Crippen LogP contribution in [0.25, 0.3) is 0 Å². The van der Waals surface area contributed by atoms with Crippen LogP contribution in [0.3, 0.4) is 0 Å². The Labute approximate surface area is 71.4 Å². The van der Waals surface area contributed by atoms with Gasteiger partial charge in [0.05, 0.1) is 6.10 Å². The topological polar surface area (TPSA) is 51.2 Å². The molecule has 2 saturated heterocycles. The van der Waals surface area contributed by atoms with E-state index >= 15 is 0 Å². The molecular weight excluding hydrogens is 160 g/mol. The van der Waals surface area contributed by atoms with Crippen molar-refractivity contribution < 1.29 is 19.3 Å². The second-order valence-corrected chi connectivity index (χ2v) is 3.24. The molecule has 2 aliphatic rings. The maximum Gasteiger partial charge on any atom is 0.186 e. The quantitative estimate of drug-likeness (QED) is 0.594. The Kier molecular flexibility index (Phi) is 2.08. The van der Waals surface area contributed by atoms with E-state index < -0.39 is 12.4 Å². The number of aliphatic hydroxyl groups is 1. The summed E-state index contributed by atoms with van der Waals surface area (Å²) in [6.45, 7) is 2.04. The van der Waals surface area contributed by atoms with E-state index in [9.17, 15) is 5.11 Å². The van der Waals surface area contributed by atoms with Crippen molar-refractivity contribution in [1.29, 1.82) is 0 Å². The molecule has 70 valence electrons. The van der Waals surface area contributed by atoms with Crippen molar-refractivity contribution in [2.24, 2.45) is 0 Å². The molecule has 2 fully saturated rings. The second kappa shape index (κ2) is 2.96. The van der Waals surface area contributed by atoms with Crippen LogP contribution in [0.5, 0.6) is 0 Å². The molecular formula is C8H14O4. The van der Waals surface area contributed by atoms with Crippen LogP contribution >= 0.6 is 0 Å². The Morgan fingerprint density at radius 3 is 2.67 bits per heavy atom. The number of fused-ring (bicyclic) bond motifs is 1. The zero-order valence-electron chi connectivity index (χ0n) is 7.27. The zero-order valence-corrected chi connectivity index (χ0v) is 7.27. The SMILES string of the molecule is CCC1OC(OC)C(O)C2OC12. The number of epoxide rings is 1. The van der Waals surface area contributed by atoms with Gasteiger partial charge >= 0.3 is 0 Å². The molecule has 0 aromatic heterocycles. The maximum absolute atomic E-state index is 9.52. The van der Waals surface area contributed by atoms with Gasteiger partial charge in [-0.25, -0.2) is 0 Å². The molecule has 12 heavy (non-hydrogen) atoms. The highest BCUT2D eigenvalue weighted by atomic mass is 16.7. The molecule has 5 unspecified atom stereocenters. The molecule has 0 aromatic rings. The van der Waals surface area contributed by atoms with Crippen LogP contribution in [0.1, 0.15) is 13.3 Å². The third-order valence-electron chi connectivity index (χ3n) is 2.49. The fraction of sp³-hybridized carbons (Fsp3) is 1.00. The van der Waals surface area contributed by atoms with Gasteiger partial charge in [0.15, 0.2) is 6.29 Å². The number of methoxy groups -OCH3 is 1. The van der Waals surface area contributed by atoms with Crippen molar-refractivity contribution in [2.45, 2.75) is 44.1 Å². The number of ether oxygens (including phenoxy) is 3. The normalized spacial score (nSPS) is 51.8. The molecule has 5 atom stereocenters. The molecule has 0 amide bonds. The van der Waals surface area contributed by atoms with Crippen molar-refractivity contribution in [3.63, 3.8) is 0 Å². The fourth-order valence-electron chi connectivity index (χ4n) is 1.72. The van der Waals surface area contributed by atoms with E-state index in [2.05, 4.69) is 0 Å². The largest absolute Gasteiger partial charge is 0.385 e. The van der Waals surface area contributed by atoms with Crippen molar-refractivity contribution >= 4 is 0 Å². The summed E-state index contributed by atoms with van der Waals surface area (Å²) in [5.41, 5.74) is 0. The van der Waals surface area contributed by atoms with Gasteiger partial charge in [0.1, 0.15) is 18.3 Å². The molecule has 2 heterocycles. The van der Waals surface area contributed by atoms with Crippen LogP contribution in [0, 0.1) is 0 Å². The number of hydrogen-bond donors (Lipinski definition) is 1. The molecule has 0 radical (unpaired) electrons. The van der Waals surface area contributed by atoms with Gasteiger partial charge in [-0.1, -0.05) is 6.92 Å². The molecule has 1 N–H and O–H groups in total. The average Bonchev–Trinajstić information content (AvgIpc) is 2.85. The maximum atomic E-state index is 9.52. The number of hydrogen-bond acceptors (Lipinski definition) is 4. The van der Waals surface area contributed by atoms with E-state index in [1.165, 1.54) is 7.11 Å². The van der Waals surface area contributed by atoms with Crippen molar-refractivity contribution in [1.82, 2.24) is 0 Å². The highest BCUT2D eigenvalue weighted by molar-refractivity contribution is 5.00. The average molecular weight is 174 g/mol. The summed E-state index contributed by atoms with van der Waals surface area (Å²) < 4.78 is 15.7. The first kappa shape index (κ1) is 8.44. The lowest BCUT2D eigenvalue weighted by molar-refractivity contribution is -0.218. The summed E-state index contributed by atoms with van der Waals surface area (Å²) in [6.07, 6.45) is -0.122. The fourth-order valence-corrected chi connectivity index (χ4v) is 1.72. The Hall–Kier alpha value is -0.160. The summed E-state index contributed by atoms with van der Waals surface area (Å²) >= 11 is 0. The first-order valence-electron chi connectivity index (χ1n) is 4.29. The van der Waals surface area contributed by atoms with E-state index in [4.69, 9.17) is 14.2 Å². The molecule has 0 saturated carbocycles. The van der Waals surface area contributed by atoms with E-state index in [0.717, 1.165) is 6.42 Å². The third-order valence-corrected chi connectivity index (χ3v) is 2.49. The summed E-state index contributed by atoms with van der Waals surface area (Å²) in [4.78, 5) is 0. The number of rotatable bonds is 2. The van der Waals surface area contributed by atoms with Crippen molar-refractivity contribution in [2.75, 3.05) is 7.11 Å². The van der Waals surface area contributed by atoms with Crippen LogP contribution in [0.4, 0.5) is 0 Å². The highest BCUT2D eigenvalue weighted by Crippen LogP contribution is 2.38. The Morgan fingerprint density at radius 1 is 1.33 bits per heavy atom. The molecule has 2 aliphatic heterocycles. The van der Waals surface area contributed by atoms with E-state index in [-0.39, 0.29) is 18.3 Å². The predicted molar refractivity (Wildman–Crippen MR) is 40.6 cm³/mol. The van der Waals surface area contributed by atoms with Crippen LogP contribution < -0.4 is 0 Å². The van der Waals surface area contributed by atoms with Gasteiger partial charge in [-0.3, -0.25) is 0 Å². The molecule has 0 bridgehead atoms. The van der Waals surface area contributed by atoms with Gasteiger partial charge in [-0.15, -0.1) is 0 Å². The van der Waals surface area contributed by atoms with Gasteiger partial charge in [0.2, 0.25) is 0 Å². The Morgan fingerprint density at radius 2 is 2.08 bits per heavy atom. The van der Waals surface area contributed by atoms with Crippen LogP contribution in [-0.2, 0) is 14.2 Å². The van der Waals surface area contributed by atoms with E-state index in [1.54, 1.807) is 0 Å². The zero-order chi connectivity index (χ0) is 8.72. The summed E-state index contributed by atoms with van der Waals surface area (Å²) in [5, 5.41) is 9.52. The van der Waals surface area contributed by atoms with Crippen LogP contribution in [0.15, 0.2) is 0 Å². The number of aliphatic hydroxyl groups excluding tert-OH is 1. The minimum atomic E-state index is -0.622. The molecule has 0 aliphatic carbocycles. The van der Waals surface area contributed by atoms with Crippen molar-refractivity contribution in [3.05, 3.63) is 0 Å². The van der Waals surface area contributed by atoms with Gasteiger partial charge in [-0.2, -0.15) is 0 Å². The molecule has 2 rings (SSSR count). The second-order valence-electron chi connectivity index (χ2n) is 3.24. The smallest absolute Gasteiger partial charge is 0.186 e. The molecule has 4 nitrogen and oxygen atoms in total. The summed E-state index contributed by atoms with van der Waals surface area (Å²) in [5.74, 6) is 0. The van der Waals surface area contributed by atoms with Crippen LogP contribution in [-0.4, -0.2) is 42.9 Å². The molecule has 4 heteroatoms. The predicted octanol–water partition coefficient (Wildman–Crippen LogP) is -0.104. The van der Waals surface area contributed by atoms with E-state index in [0.29, 0.717) is 0 Å². The van der Waals surface area contributed by atoms with Gasteiger partial charge in [0, 0.05) is 7.11 Å². The lowest BCUT2D eigenvalue weighted by Gasteiger charge is -2.29. The van der Waals surface area contributed by atoms with Gasteiger partial charge in [-0.05, 0) is 6.42 Å². The first-order valence-corrected chi connectivity index (χ1v) is 4.29. The summed E-state index contributed by atoms with van der Waals surface area (Å²) in [6, 6.07) is 0. The Bertz CT molecular complexity index is 172. The molecule has 0 aromatic carbocycles. The Balaban J connectivity index is 2.01. The van der Waals surface area contributed by atoms with Crippen LogP contribution in [0.2, 0.25) is 0 Å².